The van der Waals surface area contributed by atoms with E-state index in [-0.39, 0.29) is 16.9 Å². The number of alkyl halides is 1. The van der Waals surface area contributed by atoms with E-state index in [1.807, 2.05) is 13.8 Å². The molecule has 0 saturated heterocycles. The van der Waals surface area contributed by atoms with Gasteiger partial charge in [0.2, 0.25) is 10.0 Å². The van der Waals surface area contributed by atoms with Crippen LogP contribution in [-0.2, 0) is 10.0 Å². The summed E-state index contributed by atoms with van der Waals surface area (Å²) in [6.07, 6.45) is 0. The van der Waals surface area contributed by atoms with E-state index < -0.39 is 15.8 Å². The highest BCUT2D eigenvalue weighted by molar-refractivity contribution is 14.1. The summed E-state index contributed by atoms with van der Waals surface area (Å²) in [5.74, 6) is -0.236. The molecule has 96 valence electrons. The van der Waals surface area contributed by atoms with Gasteiger partial charge in [0.05, 0.1) is 4.90 Å². The zero-order valence-electron chi connectivity index (χ0n) is 9.65. The van der Waals surface area contributed by atoms with E-state index in [2.05, 4.69) is 27.3 Å². The van der Waals surface area contributed by atoms with Crippen LogP contribution in [0.25, 0.3) is 0 Å². The van der Waals surface area contributed by atoms with Crippen molar-refractivity contribution in [2.45, 2.75) is 24.8 Å². The number of rotatable bonds is 5. The Kier molecular flexibility index (Phi) is 5.33. The first-order valence-electron chi connectivity index (χ1n) is 5.20. The highest BCUT2D eigenvalue weighted by Crippen LogP contribution is 2.13. The Hall–Kier alpha value is -0.210. The van der Waals surface area contributed by atoms with Gasteiger partial charge in [-0.25, -0.2) is 17.5 Å². The molecule has 17 heavy (non-hydrogen) atoms. The molecule has 1 atom stereocenters. The molecule has 1 N–H and O–H groups in total. The molecule has 0 aromatic heterocycles. The maximum atomic E-state index is 12.7. The third-order valence-electron chi connectivity index (χ3n) is 2.40. The van der Waals surface area contributed by atoms with E-state index in [1.165, 1.54) is 12.1 Å². The molecule has 1 unspecified atom stereocenters. The smallest absolute Gasteiger partial charge is 0.207 e. The standard InChI is InChI=1S/C11H15FINO2S/c1-8(2)11(7-13)14-17(15,16)10-5-3-9(12)4-6-10/h3-6,8,11,14H,7H2,1-2H3. The summed E-state index contributed by atoms with van der Waals surface area (Å²) >= 11 is 2.14. The van der Waals surface area contributed by atoms with Crippen LogP contribution in [0.15, 0.2) is 29.2 Å². The molecule has 0 fully saturated rings. The van der Waals surface area contributed by atoms with Crippen molar-refractivity contribution in [2.75, 3.05) is 4.43 Å². The third kappa shape index (κ3) is 4.18. The zero-order valence-corrected chi connectivity index (χ0v) is 12.6. The Balaban J connectivity index is 2.92. The van der Waals surface area contributed by atoms with Crippen molar-refractivity contribution in [3.05, 3.63) is 30.1 Å². The monoisotopic (exact) mass is 371 g/mol. The lowest BCUT2D eigenvalue weighted by atomic mass is 10.1. The minimum atomic E-state index is -3.55. The molecule has 0 aliphatic rings. The third-order valence-corrected chi connectivity index (χ3v) is 4.86. The van der Waals surface area contributed by atoms with Gasteiger partial charge < -0.3 is 0 Å². The Morgan fingerprint density at radius 3 is 2.24 bits per heavy atom. The number of hydrogen-bond acceptors (Lipinski definition) is 2. The summed E-state index contributed by atoms with van der Waals surface area (Å²) in [6.45, 7) is 3.91. The summed E-state index contributed by atoms with van der Waals surface area (Å²) < 4.78 is 40.0. The minimum absolute atomic E-state index is 0.0920. The molecule has 0 saturated carbocycles. The highest BCUT2D eigenvalue weighted by atomic mass is 127. The van der Waals surface area contributed by atoms with Crippen LogP contribution in [0, 0.1) is 11.7 Å². The van der Waals surface area contributed by atoms with Crippen LogP contribution >= 0.6 is 22.6 Å². The number of hydrogen-bond donors (Lipinski definition) is 1. The second-order valence-electron chi connectivity index (χ2n) is 4.08. The summed E-state index contributed by atoms with van der Waals surface area (Å²) in [6, 6.07) is 4.70. The zero-order chi connectivity index (χ0) is 13.1. The van der Waals surface area contributed by atoms with Crippen molar-refractivity contribution in [3.63, 3.8) is 0 Å². The molecule has 1 rings (SSSR count). The topological polar surface area (TPSA) is 46.2 Å². The lowest BCUT2D eigenvalue weighted by molar-refractivity contribution is 0.486. The van der Waals surface area contributed by atoms with Crippen LogP contribution < -0.4 is 4.72 Å². The summed E-state index contributed by atoms with van der Waals surface area (Å²) in [5.41, 5.74) is 0. The molecule has 3 nitrogen and oxygen atoms in total. The van der Waals surface area contributed by atoms with Crippen molar-refractivity contribution < 1.29 is 12.8 Å². The van der Waals surface area contributed by atoms with E-state index in [4.69, 9.17) is 0 Å². The molecule has 0 spiro atoms. The number of nitrogens with one attached hydrogen (secondary N) is 1. The van der Waals surface area contributed by atoms with Gasteiger partial charge in [-0.15, -0.1) is 0 Å². The molecule has 0 bridgehead atoms. The minimum Gasteiger partial charge on any atom is -0.207 e. The average Bonchev–Trinajstić information content (AvgIpc) is 2.26. The Morgan fingerprint density at radius 2 is 1.82 bits per heavy atom. The Labute approximate surface area is 115 Å². The molecule has 6 heteroatoms. The number of halogens is 2. The molecule has 0 heterocycles. The first kappa shape index (κ1) is 14.8. The fraction of sp³-hybridized carbons (Fsp3) is 0.455. The summed E-state index contributed by atoms with van der Waals surface area (Å²) in [4.78, 5) is 0.0920. The lowest BCUT2D eigenvalue weighted by Crippen LogP contribution is -2.39. The van der Waals surface area contributed by atoms with Gasteiger partial charge in [0.25, 0.3) is 0 Å². The van der Waals surface area contributed by atoms with Gasteiger partial charge in [0.15, 0.2) is 0 Å². The number of benzene rings is 1. The molecule has 0 radical (unpaired) electrons. The molecule has 0 aliphatic carbocycles. The van der Waals surface area contributed by atoms with Crippen molar-refractivity contribution in [2.24, 2.45) is 5.92 Å². The van der Waals surface area contributed by atoms with Crippen molar-refractivity contribution in [1.29, 1.82) is 0 Å². The van der Waals surface area contributed by atoms with Crippen LogP contribution in [-0.4, -0.2) is 18.9 Å². The molecule has 0 aliphatic heterocycles. The normalized spacial score (nSPS) is 13.9. The number of sulfonamides is 1. The van der Waals surface area contributed by atoms with Crippen molar-refractivity contribution in [1.82, 2.24) is 4.72 Å². The van der Waals surface area contributed by atoms with Gasteiger partial charge in [0, 0.05) is 10.5 Å². The van der Waals surface area contributed by atoms with E-state index in [0.29, 0.717) is 4.43 Å². The van der Waals surface area contributed by atoms with Gasteiger partial charge in [-0.1, -0.05) is 36.4 Å². The van der Waals surface area contributed by atoms with Gasteiger partial charge in [0.1, 0.15) is 5.82 Å². The van der Waals surface area contributed by atoms with Gasteiger partial charge in [-0.05, 0) is 30.2 Å². The maximum Gasteiger partial charge on any atom is 0.240 e. The first-order valence-corrected chi connectivity index (χ1v) is 8.21. The van der Waals surface area contributed by atoms with Crippen LogP contribution in [0.4, 0.5) is 4.39 Å². The molecular weight excluding hydrogens is 356 g/mol. The van der Waals surface area contributed by atoms with E-state index in [9.17, 15) is 12.8 Å². The van der Waals surface area contributed by atoms with Crippen LogP contribution in [0.5, 0.6) is 0 Å². The molecular formula is C11H15FINO2S. The SMILES string of the molecule is CC(C)C(CI)NS(=O)(=O)c1ccc(F)cc1. The van der Waals surface area contributed by atoms with Gasteiger partial charge in [-0.2, -0.15) is 0 Å². The van der Waals surface area contributed by atoms with E-state index in [1.54, 1.807) is 0 Å². The van der Waals surface area contributed by atoms with E-state index in [0.717, 1.165) is 12.1 Å². The molecule has 1 aromatic carbocycles. The maximum absolute atomic E-state index is 12.7. The van der Waals surface area contributed by atoms with E-state index >= 15 is 0 Å². The summed E-state index contributed by atoms with van der Waals surface area (Å²) in [5, 5.41) is 0. The van der Waals surface area contributed by atoms with Crippen LogP contribution in [0.1, 0.15) is 13.8 Å². The summed E-state index contributed by atoms with van der Waals surface area (Å²) in [7, 11) is -3.55. The van der Waals surface area contributed by atoms with Crippen molar-refractivity contribution >= 4 is 32.6 Å². The lowest BCUT2D eigenvalue weighted by Gasteiger charge is -2.19. The largest absolute Gasteiger partial charge is 0.240 e. The second-order valence-corrected chi connectivity index (χ2v) is 6.67. The predicted octanol–water partition coefficient (Wildman–Crippen LogP) is 2.56. The predicted molar refractivity (Wildman–Crippen MR) is 74.2 cm³/mol. The van der Waals surface area contributed by atoms with Crippen molar-refractivity contribution in [3.8, 4) is 0 Å². The quantitative estimate of drug-likeness (QED) is 0.639. The molecule has 0 amide bonds. The highest BCUT2D eigenvalue weighted by Gasteiger charge is 2.21. The first-order chi connectivity index (χ1) is 7.86. The fourth-order valence-electron chi connectivity index (χ4n) is 1.23. The van der Waals surface area contributed by atoms with Crippen LogP contribution in [0.3, 0.4) is 0 Å². The fourth-order valence-corrected chi connectivity index (χ4v) is 4.15. The van der Waals surface area contributed by atoms with Crippen LogP contribution in [0.2, 0.25) is 0 Å². The Bertz CT molecular complexity index is 459. The molecule has 1 aromatic rings. The Morgan fingerprint density at radius 1 is 1.29 bits per heavy atom. The van der Waals surface area contributed by atoms with Gasteiger partial charge >= 0.3 is 0 Å². The average molecular weight is 371 g/mol. The van der Waals surface area contributed by atoms with Gasteiger partial charge in [-0.3, -0.25) is 0 Å². The second kappa shape index (κ2) is 6.10.